The summed E-state index contributed by atoms with van der Waals surface area (Å²) in [4.78, 5) is 0. The van der Waals surface area contributed by atoms with Crippen molar-refractivity contribution in [3.05, 3.63) is 35.4 Å². The summed E-state index contributed by atoms with van der Waals surface area (Å²) in [5, 5.41) is 39.0. The zero-order chi connectivity index (χ0) is 16.3. The highest BCUT2D eigenvalue weighted by atomic mass is 16.5. The minimum Gasteiger partial charge on any atom is -0.504 e. The third-order valence-electron chi connectivity index (χ3n) is 3.33. The Morgan fingerprint density at radius 3 is 1.14 bits per heavy atom. The van der Waals surface area contributed by atoms with Crippen LogP contribution in [0.25, 0.3) is 0 Å². The predicted octanol–water partition coefficient (Wildman–Crippen LogP) is 2.31. The molecule has 0 amide bonds. The van der Waals surface area contributed by atoms with Gasteiger partial charge in [-0.3, -0.25) is 0 Å². The van der Waals surface area contributed by atoms with Crippen molar-refractivity contribution in [2.45, 2.75) is 12.8 Å². The Bertz CT molecular complexity index is 575. The van der Waals surface area contributed by atoms with Crippen LogP contribution in [0.15, 0.2) is 24.3 Å². The molecule has 0 fully saturated rings. The fourth-order valence-electron chi connectivity index (χ4n) is 2.31. The Kier molecular flexibility index (Phi) is 4.50. The van der Waals surface area contributed by atoms with Gasteiger partial charge in [-0.2, -0.15) is 0 Å². The van der Waals surface area contributed by atoms with E-state index < -0.39 is 0 Å². The standard InChI is InChI=1S/C16H18O6/c1-21-15-11(17)5-9(6-12(15)18)3-4-10-7-13(19)16(22-2)14(20)8-10/h5-8,17-20H,3-4H2,1-2H3. The minimum absolute atomic E-state index is 0.0310. The summed E-state index contributed by atoms with van der Waals surface area (Å²) in [6.45, 7) is 0. The molecule has 2 rings (SSSR count). The maximum absolute atomic E-state index is 9.74. The van der Waals surface area contributed by atoms with E-state index in [2.05, 4.69) is 0 Å². The maximum Gasteiger partial charge on any atom is 0.202 e. The summed E-state index contributed by atoms with van der Waals surface area (Å²) in [6.07, 6.45) is 0.993. The predicted molar refractivity (Wildman–Crippen MR) is 80.1 cm³/mol. The van der Waals surface area contributed by atoms with Crippen molar-refractivity contribution in [2.75, 3.05) is 14.2 Å². The van der Waals surface area contributed by atoms with Crippen LogP contribution in [0.3, 0.4) is 0 Å². The zero-order valence-electron chi connectivity index (χ0n) is 12.3. The molecule has 2 aromatic carbocycles. The van der Waals surface area contributed by atoms with E-state index in [9.17, 15) is 20.4 Å². The molecule has 0 saturated heterocycles. The van der Waals surface area contributed by atoms with Crippen LogP contribution in [0.2, 0.25) is 0 Å². The number of aromatic hydroxyl groups is 4. The second-order valence-corrected chi connectivity index (χ2v) is 4.83. The van der Waals surface area contributed by atoms with Crippen molar-refractivity contribution in [3.63, 3.8) is 0 Å². The van der Waals surface area contributed by atoms with Crippen LogP contribution in [0.5, 0.6) is 34.5 Å². The van der Waals surface area contributed by atoms with Crippen LogP contribution in [-0.2, 0) is 12.8 Å². The number of ether oxygens (including phenoxy) is 2. The molecule has 0 saturated carbocycles. The Morgan fingerprint density at radius 2 is 0.909 bits per heavy atom. The smallest absolute Gasteiger partial charge is 0.202 e. The van der Waals surface area contributed by atoms with E-state index in [-0.39, 0.29) is 34.5 Å². The summed E-state index contributed by atoms with van der Waals surface area (Å²) in [5.74, 6) is -0.501. The third kappa shape index (κ3) is 3.11. The van der Waals surface area contributed by atoms with Crippen molar-refractivity contribution in [1.82, 2.24) is 0 Å². The van der Waals surface area contributed by atoms with Crippen molar-refractivity contribution < 1.29 is 29.9 Å². The monoisotopic (exact) mass is 306 g/mol. The fourth-order valence-corrected chi connectivity index (χ4v) is 2.31. The Labute approximate surface area is 127 Å². The van der Waals surface area contributed by atoms with Crippen molar-refractivity contribution in [3.8, 4) is 34.5 Å². The van der Waals surface area contributed by atoms with Gasteiger partial charge in [-0.05, 0) is 48.2 Å². The number of aryl methyl sites for hydroxylation is 2. The van der Waals surface area contributed by atoms with Gasteiger partial charge in [0, 0.05) is 0 Å². The van der Waals surface area contributed by atoms with Crippen LogP contribution in [0.1, 0.15) is 11.1 Å². The van der Waals surface area contributed by atoms with Crippen LogP contribution in [-0.4, -0.2) is 34.6 Å². The number of hydrogen-bond donors (Lipinski definition) is 4. The van der Waals surface area contributed by atoms with Crippen molar-refractivity contribution in [1.29, 1.82) is 0 Å². The van der Waals surface area contributed by atoms with Gasteiger partial charge in [0.05, 0.1) is 14.2 Å². The Balaban J connectivity index is 2.17. The number of phenolic OH excluding ortho intramolecular Hbond substituents is 4. The first-order valence-corrected chi connectivity index (χ1v) is 6.64. The molecule has 0 unspecified atom stereocenters. The maximum atomic E-state index is 9.74. The lowest BCUT2D eigenvalue weighted by Gasteiger charge is -2.10. The molecule has 22 heavy (non-hydrogen) atoms. The molecule has 0 aliphatic carbocycles. The summed E-state index contributed by atoms with van der Waals surface area (Å²) >= 11 is 0. The van der Waals surface area contributed by atoms with E-state index in [1.54, 1.807) is 0 Å². The number of phenols is 4. The second kappa shape index (κ2) is 6.34. The Morgan fingerprint density at radius 1 is 0.636 bits per heavy atom. The molecule has 0 bridgehead atoms. The number of methoxy groups -OCH3 is 2. The van der Waals surface area contributed by atoms with Gasteiger partial charge in [-0.25, -0.2) is 0 Å². The van der Waals surface area contributed by atoms with E-state index in [1.165, 1.54) is 38.5 Å². The molecule has 0 atom stereocenters. The first-order valence-electron chi connectivity index (χ1n) is 6.64. The largest absolute Gasteiger partial charge is 0.504 e. The molecule has 6 nitrogen and oxygen atoms in total. The lowest BCUT2D eigenvalue weighted by atomic mass is 10.0. The minimum atomic E-state index is -0.141. The summed E-state index contributed by atoms with van der Waals surface area (Å²) in [7, 11) is 2.72. The van der Waals surface area contributed by atoms with E-state index in [4.69, 9.17) is 9.47 Å². The van der Waals surface area contributed by atoms with E-state index in [0.29, 0.717) is 24.0 Å². The molecule has 0 spiro atoms. The van der Waals surface area contributed by atoms with Crippen molar-refractivity contribution in [2.24, 2.45) is 0 Å². The Hall–Kier alpha value is -2.76. The number of benzene rings is 2. The van der Waals surface area contributed by atoms with Crippen LogP contribution in [0, 0.1) is 0 Å². The first-order chi connectivity index (χ1) is 10.5. The van der Waals surface area contributed by atoms with E-state index in [0.717, 1.165) is 0 Å². The van der Waals surface area contributed by atoms with Gasteiger partial charge < -0.3 is 29.9 Å². The average Bonchev–Trinajstić information content (AvgIpc) is 2.44. The quantitative estimate of drug-likeness (QED) is 0.676. The normalized spacial score (nSPS) is 10.5. The highest BCUT2D eigenvalue weighted by Gasteiger charge is 2.12. The summed E-state index contributed by atoms with van der Waals surface area (Å²) < 4.78 is 9.74. The number of hydrogen-bond acceptors (Lipinski definition) is 6. The molecule has 118 valence electrons. The molecule has 0 heterocycles. The molecular weight excluding hydrogens is 288 g/mol. The van der Waals surface area contributed by atoms with Crippen molar-refractivity contribution >= 4 is 0 Å². The van der Waals surface area contributed by atoms with E-state index in [1.807, 2.05) is 0 Å². The van der Waals surface area contributed by atoms with Crippen LogP contribution >= 0.6 is 0 Å². The van der Waals surface area contributed by atoms with Gasteiger partial charge in [0.25, 0.3) is 0 Å². The van der Waals surface area contributed by atoms with Gasteiger partial charge in [0.15, 0.2) is 23.0 Å². The zero-order valence-corrected chi connectivity index (χ0v) is 12.3. The highest BCUT2D eigenvalue weighted by Crippen LogP contribution is 2.38. The van der Waals surface area contributed by atoms with E-state index >= 15 is 0 Å². The second-order valence-electron chi connectivity index (χ2n) is 4.83. The molecule has 0 aliphatic rings. The molecule has 2 aromatic rings. The van der Waals surface area contributed by atoms with Gasteiger partial charge in [-0.1, -0.05) is 0 Å². The first kappa shape index (κ1) is 15.6. The SMILES string of the molecule is COc1c(O)cc(CCc2cc(O)c(OC)c(O)c2)cc1O. The van der Waals surface area contributed by atoms with Crippen LogP contribution in [0.4, 0.5) is 0 Å². The number of rotatable bonds is 5. The lowest BCUT2D eigenvalue weighted by Crippen LogP contribution is -1.94. The summed E-state index contributed by atoms with van der Waals surface area (Å²) in [5.41, 5.74) is 1.40. The topological polar surface area (TPSA) is 99.4 Å². The van der Waals surface area contributed by atoms with Gasteiger partial charge in [-0.15, -0.1) is 0 Å². The van der Waals surface area contributed by atoms with Crippen LogP contribution < -0.4 is 9.47 Å². The molecule has 6 heteroatoms. The van der Waals surface area contributed by atoms with Gasteiger partial charge in [0.1, 0.15) is 0 Å². The van der Waals surface area contributed by atoms with Gasteiger partial charge >= 0.3 is 0 Å². The molecular formula is C16H18O6. The third-order valence-corrected chi connectivity index (χ3v) is 3.33. The highest BCUT2D eigenvalue weighted by molar-refractivity contribution is 5.53. The fraction of sp³-hybridized carbons (Fsp3) is 0.250. The molecule has 4 N–H and O–H groups in total. The molecule has 0 aliphatic heterocycles. The summed E-state index contributed by atoms with van der Waals surface area (Å²) in [6, 6.07) is 6.01. The average molecular weight is 306 g/mol. The lowest BCUT2D eigenvalue weighted by molar-refractivity contribution is 0.343. The molecule has 0 radical (unpaired) electrons. The van der Waals surface area contributed by atoms with Gasteiger partial charge in [0.2, 0.25) is 11.5 Å². The molecule has 0 aromatic heterocycles.